The molecule has 194 valence electrons. The zero-order valence-corrected chi connectivity index (χ0v) is 22.4. The summed E-state index contributed by atoms with van der Waals surface area (Å²) in [7, 11) is 1.57. The molecule has 3 rings (SSSR count). The lowest BCUT2D eigenvalue weighted by molar-refractivity contribution is -0.151. The Labute approximate surface area is 204 Å². The zero-order chi connectivity index (χ0) is 25.9. The Bertz CT molecular complexity index is 837. The largest absolute Gasteiger partial charge is 0.394 e. The first-order valence-electron chi connectivity index (χ1n) is 12.7. The summed E-state index contributed by atoms with van der Waals surface area (Å²) in [6, 6.07) is -1.42. The molecule has 3 heterocycles. The molecule has 0 aromatic rings. The van der Waals surface area contributed by atoms with Gasteiger partial charge in [-0.15, -0.1) is 0 Å². The topological polar surface area (TPSA) is 108 Å². The maximum absolute atomic E-state index is 14.0. The molecule has 0 aromatic carbocycles. The molecule has 3 aliphatic heterocycles. The molecule has 3 amide bonds. The van der Waals surface area contributed by atoms with Crippen LogP contribution < -0.4 is 10.6 Å². The van der Waals surface area contributed by atoms with Crippen LogP contribution in [-0.4, -0.2) is 70.2 Å². The van der Waals surface area contributed by atoms with Gasteiger partial charge in [-0.3, -0.25) is 14.4 Å². The fourth-order valence-corrected chi connectivity index (χ4v) is 7.16. The summed E-state index contributed by atoms with van der Waals surface area (Å²) >= 11 is 0. The van der Waals surface area contributed by atoms with Gasteiger partial charge in [0.15, 0.2) is 0 Å². The van der Waals surface area contributed by atoms with Crippen LogP contribution in [0.1, 0.15) is 81.1 Å². The highest BCUT2D eigenvalue weighted by Crippen LogP contribution is 2.63. The predicted octanol–water partition coefficient (Wildman–Crippen LogP) is 2.24. The van der Waals surface area contributed by atoms with Gasteiger partial charge in [-0.05, 0) is 51.4 Å². The smallest absolute Gasteiger partial charge is 0.246 e. The summed E-state index contributed by atoms with van der Waals surface area (Å²) in [5.74, 6) is -2.20. The van der Waals surface area contributed by atoms with E-state index in [9.17, 15) is 19.5 Å². The van der Waals surface area contributed by atoms with Crippen LogP contribution in [0.5, 0.6) is 0 Å². The second kappa shape index (κ2) is 8.77. The number of nitrogens with zero attached hydrogens (tertiary/aromatic N) is 1. The first kappa shape index (κ1) is 26.9. The van der Waals surface area contributed by atoms with Crippen molar-refractivity contribution in [3.8, 4) is 0 Å². The van der Waals surface area contributed by atoms with Crippen LogP contribution in [0.2, 0.25) is 0 Å². The number of rotatable bonds is 8. The minimum Gasteiger partial charge on any atom is -0.394 e. The number of hydrogen-bond donors (Lipinski definition) is 3. The van der Waals surface area contributed by atoms with E-state index in [1.807, 2.05) is 34.6 Å². The van der Waals surface area contributed by atoms with E-state index >= 15 is 0 Å². The molecular formula is C26H45N3O5. The Kier molecular flexibility index (Phi) is 6.94. The van der Waals surface area contributed by atoms with E-state index in [0.29, 0.717) is 12.8 Å². The first-order valence-corrected chi connectivity index (χ1v) is 12.7. The van der Waals surface area contributed by atoms with Gasteiger partial charge in [0, 0.05) is 12.6 Å². The monoisotopic (exact) mass is 479 g/mol. The van der Waals surface area contributed by atoms with Crippen molar-refractivity contribution >= 4 is 17.7 Å². The van der Waals surface area contributed by atoms with Crippen molar-refractivity contribution in [3.63, 3.8) is 0 Å². The van der Waals surface area contributed by atoms with Crippen molar-refractivity contribution < 1.29 is 24.2 Å². The van der Waals surface area contributed by atoms with E-state index in [4.69, 9.17) is 4.74 Å². The van der Waals surface area contributed by atoms with Gasteiger partial charge < -0.3 is 25.4 Å². The van der Waals surface area contributed by atoms with Crippen molar-refractivity contribution in [2.24, 2.45) is 23.2 Å². The Morgan fingerprint density at radius 3 is 2.32 bits per heavy atom. The Hall–Kier alpha value is -1.67. The van der Waals surface area contributed by atoms with Gasteiger partial charge >= 0.3 is 0 Å². The molecular weight excluding hydrogens is 434 g/mol. The van der Waals surface area contributed by atoms with Gasteiger partial charge in [0.05, 0.1) is 30.1 Å². The van der Waals surface area contributed by atoms with Crippen molar-refractivity contribution in [2.75, 3.05) is 13.7 Å². The molecule has 2 bridgehead atoms. The normalized spacial score (nSPS) is 34.7. The summed E-state index contributed by atoms with van der Waals surface area (Å²) in [5, 5.41) is 16.3. The average Bonchev–Trinajstić information content (AvgIpc) is 3.27. The van der Waals surface area contributed by atoms with E-state index < -0.39 is 40.7 Å². The minimum atomic E-state index is -1.08. The number of ether oxygens (including phenoxy) is 1. The lowest BCUT2D eigenvalue weighted by Gasteiger charge is -2.41. The lowest BCUT2D eigenvalue weighted by atomic mass is 9.66. The van der Waals surface area contributed by atoms with Crippen molar-refractivity contribution in [2.45, 2.75) is 110 Å². The zero-order valence-electron chi connectivity index (χ0n) is 22.4. The third-order valence-electron chi connectivity index (χ3n) is 8.27. The molecule has 1 spiro atoms. The molecule has 7 atom stereocenters. The SMILES string of the molecule is CC[C@H](C)[C@H](CO)N1C(=O)[C@@H]2[C@H](C(=O)NC)[C@]3(C)CCC2(O3)C1C(=O)NC(C)(C)CC(C)(C)C. The quantitative estimate of drug-likeness (QED) is 0.495. The first-order chi connectivity index (χ1) is 15.6. The number of fused-ring (bicyclic) bond motifs is 1. The second-order valence-corrected chi connectivity index (χ2v) is 12.8. The Balaban J connectivity index is 2.09. The standard InChI is InChI=1S/C26H45N3O5/c1-10-15(2)16(13-30)29-19(21(32)28-24(6,7)14-23(3,4)5)26-12-11-25(8,34-26)17(20(31)27-9)18(26)22(29)33/h15-19,30H,10-14H2,1-9H3,(H,27,31)(H,28,32)/t15-,16-,17+,18-,19?,25-,26?/m0/s1. The maximum Gasteiger partial charge on any atom is 0.246 e. The Morgan fingerprint density at radius 2 is 1.82 bits per heavy atom. The molecule has 34 heavy (non-hydrogen) atoms. The van der Waals surface area contributed by atoms with E-state index in [-0.39, 0.29) is 35.7 Å². The van der Waals surface area contributed by atoms with Crippen LogP contribution in [0.3, 0.4) is 0 Å². The van der Waals surface area contributed by atoms with Gasteiger partial charge in [0.2, 0.25) is 17.7 Å². The minimum absolute atomic E-state index is 0.00670. The van der Waals surface area contributed by atoms with Gasteiger partial charge in [0.25, 0.3) is 0 Å². The second-order valence-electron chi connectivity index (χ2n) is 12.8. The molecule has 0 saturated carbocycles. The van der Waals surface area contributed by atoms with Crippen LogP contribution in [0.4, 0.5) is 0 Å². The number of hydrogen-bond acceptors (Lipinski definition) is 5. The fraction of sp³-hybridized carbons (Fsp3) is 0.885. The molecule has 0 aliphatic carbocycles. The van der Waals surface area contributed by atoms with E-state index in [2.05, 4.69) is 31.4 Å². The number of likely N-dealkylation sites (tertiary alicyclic amines) is 1. The van der Waals surface area contributed by atoms with Gasteiger partial charge in [-0.1, -0.05) is 41.0 Å². The maximum atomic E-state index is 14.0. The van der Waals surface area contributed by atoms with Crippen molar-refractivity contribution in [1.29, 1.82) is 0 Å². The molecule has 8 nitrogen and oxygen atoms in total. The molecule has 3 fully saturated rings. The number of amides is 3. The van der Waals surface area contributed by atoms with Gasteiger partial charge in [-0.2, -0.15) is 0 Å². The molecule has 2 unspecified atom stereocenters. The summed E-state index contributed by atoms with van der Waals surface area (Å²) < 4.78 is 6.60. The molecule has 8 heteroatoms. The number of aliphatic hydroxyl groups excluding tert-OH is 1. The number of carbonyl (C=O) groups excluding carboxylic acids is 3. The molecule has 0 aromatic heterocycles. The summed E-state index contributed by atoms with van der Waals surface area (Å²) in [5.41, 5.74) is -2.39. The van der Waals surface area contributed by atoms with E-state index in [0.717, 1.165) is 12.8 Å². The average molecular weight is 480 g/mol. The van der Waals surface area contributed by atoms with Gasteiger partial charge in [-0.25, -0.2) is 0 Å². The summed E-state index contributed by atoms with van der Waals surface area (Å²) in [6.45, 7) is 16.0. The van der Waals surface area contributed by atoms with Crippen LogP contribution in [0, 0.1) is 23.2 Å². The number of aliphatic hydroxyl groups is 1. The highest BCUT2D eigenvalue weighted by Gasteiger charge is 2.78. The lowest BCUT2D eigenvalue weighted by Crippen LogP contribution is -2.62. The number of carbonyl (C=O) groups is 3. The molecule has 3 N–H and O–H groups in total. The van der Waals surface area contributed by atoms with E-state index in [1.165, 1.54) is 0 Å². The van der Waals surface area contributed by atoms with Crippen LogP contribution >= 0.6 is 0 Å². The highest BCUT2D eigenvalue weighted by molar-refractivity contribution is 5.99. The third kappa shape index (κ3) is 4.25. The van der Waals surface area contributed by atoms with Gasteiger partial charge in [0.1, 0.15) is 11.6 Å². The summed E-state index contributed by atoms with van der Waals surface area (Å²) in [4.78, 5) is 42.6. The fourth-order valence-electron chi connectivity index (χ4n) is 7.16. The molecule has 3 aliphatic rings. The Morgan fingerprint density at radius 1 is 1.21 bits per heavy atom. The molecule has 0 radical (unpaired) electrons. The highest BCUT2D eigenvalue weighted by atomic mass is 16.5. The van der Waals surface area contributed by atoms with Crippen molar-refractivity contribution in [1.82, 2.24) is 15.5 Å². The van der Waals surface area contributed by atoms with E-state index in [1.54, 1.807) is 11.9 Å². The number of nitrogens with one attached hydrogen (secondary N) is 2. The molecule has 3 saturated heterocycles. The summed E-state index contributed by atoms with van der Waals surface area (Å²) in [6.07, 6.45) is 2.62. The van der Waals surface area contributed by atoms with Crippen LogP contribution in [0.15, 0.2) is 0 Å². The van der Waals surface area contributed by atoms with Crippen LogP contribution in [-0.2, 0) is 19.1 Å². The third-order valence-corrected chi connectivity index (χ3v) is 8.27. The van der Waals surface area contributed by atoms with Crippen LogP contribution in [0.25, 0.3) is 0 Å². The van der Waals surface area contributed by atoms with Crippen molar-refractivity contribution in [3.05, 3.63) is 0 Å². The predicted molar refractivity (Wildman–Crippen MR) is 130 cm³/mol.